The Labute approximate surface area is 131 Å². The largest absolute Gasteiger partial charge is 0.481 e. The fraction of sp³-hybridized carbons (Fsp3) is 0.467. The molecule has 0 unspecified atom stereocenters. The number of carboxylic acids is 1. The van der Waals surface area contributed by atoms with Gasteiger partial charge in [0.2, 0.25) is 11.7 Å². The van der Waals surface area contributed by atoms with Gasteiger partial charge in [0.25, 0.3) is 0 Å². The van der Waals surface area contributed by atoms with Gasteiger partial charge in [0.05, 0.1) is 13.0 Å². The van der Waals surface area contributed by atoms with Gasteiger partial charge in [-0.05, 0) is 23.1 Å². The van der Waals surface area contributed by atoms with E-state index in [1.54, 1.807) is 31.3 Å². The van der Waals surface area contributed by atoms with E-state index in [0.717, 1.165) is 0 Å². The standard InChI is InChI=1S/C15H16F2N4O2/c1-21-19-13(18-20-21)10-4-2-9(3-5-10)12(14(22)23)11-6-7-15(16,17)8-11/h2-5,11-12H,6-8H2,1H3,(H,22,23)/t11-,12+/m1/s1. The molecule has 0 bridgehead atoms. The Kier molecular flexibility index (Phi) is 3.83. The maximum atomic E-state index is 13.4. The summed E-state index contributed by atoms with van der Waals surface area (Å²) in [6.07, 6.45) is -0.405. The summed E-state index contributed by atoms with van der Waals surface area (Å²) in [5.74, 6) is -4.88. The number of benzene rings is 1. The van der Waals surface area contributed by atoms with E-state index < -0.39 is 23.7 Å². The van der Waals surface area contributed by atoms with Gasteiger partial charge in [0, 0.05) is 18.4 Å². The van der Waals surface area contributed by atoms with Gasteiger partial charge in [-0.1, -0.05) is 24.3 Å². The Morgan fingerprint density at radius 1 is 1.39 bits per heavy atom. The number of alkyl halides is 2. The number of hydrogen-bond donors (Lipinski definition) is 1. The van der Waals surface area contributed by atoms with Crippen LogP contribution in [-0.4, -0.2) is 37.2 Å². The van der Waals surface area contributed by atoms with Gasteiger partial charge in [-0.15, -0.1) is 10.2 Å². The van der Waals surface area contributed by atoms with Crippen LogP contribution >= 0.6 is 0 Å². The quantitative estimate of drug-likeness (QED) is 0.935. The second-order valence-electron chi connectivity index (χ2n) is 5.90. The van der Waals surface area contributed by atoms with Gasteiger partial charge in [-0.3, -0.25) is 4.79 Å². The second kappa shape index (κ2) is 5.68. The lowest BCUT2D eigenvalue weighted by Gasteiger charge is -2.20. The van der Waals surface area contributed by atoms with E-state index >= 15 is 0 Å². The smallest absolute Gasteiger partial charge is 0.311 e. The number of hydrogen-bond acceptors (Lipinski definition) is 4. The lowest BCUT2D eigenvalue weighted by atomic mass is 9.84. The van der Waals surface area contributed by atoms with Crippen molar-refractivity contribution in [3.8, 4) is 11.4 Å². The maximum absolute atomic E-state index is 13.4. The zero-order valence-corrected chi connectivity index (χ0v) is 12.5. The summed E-state index contributed by atoms with van der Waals surface area (Å²) in [6.45, 7) is 0. The molecule has 122 valence electrons. The molecule has 2 atom stereocenters. The first-order valence-corrected chi connectivity index (χ1v) is 7.31. The molecular weight excluding hydrogens is 306 g/mol. The highest BCUT2D eigenvalue weighted by atomic mass is 19.3. The minimum Gasteiger partial charge on any atom is -0.481 e. The Morgan fingerprint density at radius 2 is 2.09 bits per heavy atom. The third-order valence-electron chi connectivity index (χ3n) is 4.22. The van der Waals surface area contributed by atoms with Crippen LogP contribution in [0.4, 0.5) is 8.78 Å². The van der Waals surface area contributed by atoms with Gasteiger partial charge in [-0.2, -0.15) is 4.80 Å². The van der Waals surface area contributed by atoms with E-state index in [2.05, 4.69) is 15.4 Å². The van der Waals surface area contributed by atoms with Gasteiger partial charge >= 0.3 is 5.97 Å². The highest BCUT2D eigenvalue weighted by Gasteiger charge is 2.45. The predicted molar refractivity (Wildman–Crippen MR) is 76.9 cm³/mol. The van der Waals surface area contributed by atoms with E-state index in [0.29, 0.717) is 17.0 Å². The summed E-state index contributed by atoms with van der Waals surface area (Å²) >= 11 is 0. The SMILES string of the molecule is Cn1nnc(-c2ccc([C@H](C(=O)O)[C@@H]3CCC(F)(F)C3)cc2)n1. The van der Waals surface area contributed by atoms with Crippen LogP contribution in [0, 0.1) is 5.92 Å². The Hall–Kier alpha value is -2.38. The molecule has 0 radical (unpaired) electrons. The number of rotatable bonds is 4. The molecule has 1 heterocycles. The van der Waals surface area contributed by atoms with E-state index in [4.69, 9.17) is 0 Å². The molecule has 1 saturated carbocycles. The van der Waals surface area contributed by atoms with Gasteiger partial charge < -0.3 is 5.11 Å². The summed E-state index contributed by atoms with van der Waals surface area (Å²) in [7, 11) is 1.64. The summed E-state index contributed by atoms with van der Waals surface area (Å²) < 4.78 is 26.8. The predicted octanol–water partition coefficient (Wildman–Crippen LogP) is 2.48. The van der Waals surface area contributed by atoms with Crippen molar-refractivity contribution in [1.29, 1.82) is 0 Å². The zero-order chi connectivity index (χ0) is 16.6. The molecule has 0 saturated heterocycles. The number of aryl methyl sites for hydroxylation is 1. The van der Waals surface area contributed by atoms with Crippen LogP contribution in [0.15, 0.2) is 24.3 Å². The van der Waals surface area contributed by atoms with E-state index in [1.165, 1.54) is 4.80 Å². The molecule has 6 nitrogen and oxygen atoms in total. The van der Waals surface area contributed by atoms with Gasteiger partial charge in [0.1, 0.15) is 0 Å². The first-order valence-electron chi connectivity index (χ1n) is 7.31. The average molecular weight is 322 g/mol. The fourth-order valence-electron chi connectivity index (χ4n) is 3.12. The first kappa shape index (κ1) is 15.5. The van der Waals surface area contributed by atoms with Crippen LogP contribution in [-0.2, 0) is 11.8 Å². The molecule has 1 aliphatic rings. The van der Waals surface area contributed by atoms with E-state index in [-0.39, 0.29) is 19.3 Å². The first-order chi connectivity index (χ1) is 10.9. The summed E-state index contributed by atoms with van der Waals surface area (Å²) in [6, 6.07) is 6.66. The van der Waals surface area contributed by atoms with Crippen molar-refractivity contribution in [3.05, 3.63) is 29.8 Å². The third kappa shape index (κ3) is 3.20. The topological polar surface area (TPSA) is 80.9 Å². The maximum Gasteiger partial charge on any atom is 0.311 e. The summed E-state index contributed by atoms with van der Waals surface area (Å²) in [4.78, 5) is 12.9. The third-order valence-corrected chi connectivity index (χ3v) is 4.22. The molecule has 8 heteroatoms. The fourth-order valence-corrected chi connectivity index (χ4v) is 3.12. The average Bonchev–Trinajstić information content (AvgIpc) is 3.06. The number of halogens is 2. The minimum absolute atomic E-state index is 0.220. The van der Waals surface area contributed by atoms with Crippen molar-refractivity contribution < 1.29 is 18.7 Å². The molecule has 0 spiro atoms. The number of tetrazole rings is 1. The van der Waals surface area contributed by atoms with Crippen molar-refractivity contribution in [2.24, 2.45) is 13.0 Å². The lowest BCUT2D eigenvalue weighted by molar-refractivity contribution is -0.140. The highest BCUT2D eigenvalue weighted by molar-refractivity contribution is 5.77. The molecule has 1 N–H and O–H groups in total. The Morgan fingerprint density at radius 3 is 2.57 bits per heavy atom. The molecule has 1 aromatic heterocycles. The van der Waals surface area contributed by atoms with Crippen LogP contribution in [0.1, 0.15) is 30.7 Å². The van der Waals surface area contributed by atoms with Crippen molar-refractivity contribution in [2.75, 3.05) is 0 Å². The molecule has 23 heavy (non-hydrogen) atoms. The van der Waals surface area contributed by atoms with Crippen molar-refractivity contribution >= 4 is 5.97 Å². The van der Waals surface area contributed by atoms with Crippen LogP contribution in [0.25, 0.3) is 11.4 Å². The monoisotopic (exact) mass is 322 g/mol. The van der Waals surface area contributed by atoms with E-state index in [1.807, 2.05) is 0 Å². The van der Waals surface area contributed by atoms with Gasteiger partial charge in [-0.25, -0.2) is 8.78 Å². The Bertz CT molecular complexity index is 715. The van der Waals surface area contributed by atoms with Crippen LogP contribution in [0.3, 0.4) is 0 Å². The normalized spacial score (nSPS) is 21.3. The second-order valence-corrected chi connectivity index (χ2v) is 5.90. The Balaban J connectivity index is 1.85. The molecule has 0 amide bonds. The van der Waals surface area contributed by atoms with Crippen LogP contribution in [0.5, 0.6) is 0 Å². The number of nitrogens with zero attached hydrogens (tertiary/aromatic N) is 4. The number of carboxylic acid groups (broad SMARTS) is 1. The molecule has 1 aliphatic carbocycles. The molecule has 2 aromatic rings. The molecule has 3 rings (SSSR count). The summed E-state index contributed by atoms with van der Waals surface area (Å²) in [5, 5.41) is 21.1. The van der Waals surface area contributed by atoms with Crippen LogP contribution < -0.4 is 0 Å². The number of aliphatic carboxylic acids is 1. The molecular formula is C15H16F2N4O2. The lowest BCUT2D eigenvalue weighted by Crippen LogP contribution is -2.21. The van der Waals surface area contributed by atoms with Gasteiger partial charge in [0.15, 0.2) is 0 Å². The number of aromatic nitrogens is 4. The molecule has 1 fully saturated rings. The molecule has 1 aromatic carbocycles. The summed E-state index contributed by atoms with van der Waals surface area (Å²) in [5.41, 5.74) is 1.22. The zero-order valence-electron chi connectivity index (χ0n) is 12.5. The van der Waals surface area contributed by atoms with Crippen LogP contribution in [0.2, 0.25) is 0 Å². The number of carbonyl (C=O) groups is 1. The van der Waals surface area contributed by atoms with Crippen molar-refractivity contribution in [2.45, 2.75) is 31.1 Å². The van der Waals surface area contributed by atoms with E-state index in [9.17, 15) is 18.7 Å². The molecule has 0 aliphatic heterocycles. The van der Waals surface area contributed by atoms with Crippen molar-refractivity contribution in [3.63, 3.8) is 0 Å². The highest BCUT2D eigenvalue weighted by Crippen LogP contribution is 2.45. The minimum atomic E-state index is -2.76. The van der Waals surface area contributed by atoms with Crippen molar-refractivity contribution in [1.82, 2.24) is 20.2 Å².